The van der Waals surface area contributed by atoms with Gasteiger partial charge in [0.1, 0.15) is 0 Å². The van der Waals surface area contributed by atoms with Gasteiger partial charge in [-0.25, -0.2) is 0 Å². The monoisotopic (exact) mass is 372 g/mol. The summed E-state index contributed by atoms with van der Waals surface area (Å²) in [4.78, 5) is 24.7. The second kappa shape index (κ2) is 6.66. The van der Waals surface area contributed by atoms with Crippen LogP contribution in [0.5, 0.6) is 5.75 Å². The van der Waals surface area contributed by atoms with E-state index >= 15 is 0 Å². The molecule has 0 atom stereocenters. The van der Waals surface area contributed by atoms with Crippen LogP contribution in [0.3, 0.4) is 0 Å². The topological polar surface area (TPSA) is 83.7 Å². The van der Waals surface area contributed by atoms with Crippen molar-refractivity contribution in [3.05, 3.63) is 68.6 Å². The molecule has 1 fully saturated rings. The van der Waals surface area contributed by atoms with Crippen LogP contribution in [-0.4, -0.2) is 20.3 Å². The molecule has 1 heterocycles. The largest absolute Gasteiger partial charge is 0.502 e. The van der Waals surface area contributed by atoms with Gasteiger partial charge in [0.25, 0.3) is 5.91 Å². The molecular formula is C17H12N2O4S2. The Labute approximate surface area is 152 Å². The van der Waals surface area contributed by atoms with Crippen molar-refractivity contribution >= 4 is 51.7 Å². The van der Waals surface area contributed by atoms with Crippen LogP contribution in [0.2, 0.25) is 0 Å². The predicted molar refractivity (Wildman–Crippen MR) is 102 cm³/mol. The van der Waals surface area contributed by atoms with Crippen LogP contribution >= 0.6 is 24.0 Å². The first-order valence-electron chi connectivity index (χ1n) is 7.19. The average Bonchev–Trinajstić information content (AvgIpc) is 2.84. The summed E-state index contributed by atoms with van der Waals surface area (Å²) in [5, 5.41) is 20.4. The summed E-state index contributed by atoms with van der Waals surface area (Å²) >= 11 is 6.42. The molecular weight excluding hydrogens is 360 g/mol. The lowest BCUT2D eigenvalue weighted by Gasteiger charge is -2.14. The zero-order chi connectivity index (χ0) is 18.1. The molecule has 2 aromatic carbocycles. The van der Waals surface area contributed by atoms with Crippen molar-refractivity contribution in [2.75, 3.05) is 4.90 Å². The van der Waals surface area contributed by atoms with Crippen LogP contribution in [-0.2, 0) is 4.79 Å². The van der Waals surface area contributed by atoms with Gasteiger partial charge in [0.15, 0.2) is 10.1 Å². The van der Waals surface area contributed by atoms with Gasteiger partial charge >= 0.3 is 5.69 Å². The van der Waals surface area contributed by atoms with E-state index in [1.807, 2.05) is 31.2 Å². The summed E-state index contributed by atoms with van der Waals surface area (Å²) < 4.78 is 0.397. The van der Waals surface area contributed by atoms with Gasteiger partial charge in [-0.1, -0.05) is 47.7 Å². The second-order valence-electron chi connectivity index (χ2n) is 5.36. The average molecular weight is 372 g/mol. The number of nitro benzene ring substituents is 1. The number of aromatic hydroxyl groups is 1. The molecule has 1 saturated heterocycles. The standard InChI is InChI=1S/C17H12N2O4S2/c1-10-2-5-12(6-3-10)18-16(21)15(25-17(18)24)9-11-4-7-14(20)13(8-11)19(22)23/h2-9,20H,1H3/b15-9-. The van der Waals surface area contributed by atoms with E-state index in [-0.39, 0.29) is 5.91 Å². The van der Waals surface area contributed by atoms with Crippen molar-refractivity contribution in [2.24, 2.45) is 0 Å². The Morgan fingerprint density at radius 2 is 1.92 bits per heavy atom. The van der Waals surface area contributed by atoms with Gasteiger partial charge in [-0.05, 0) is 36.8 Å². The summed E-state index contributed by atoms with van der Waals surface area (Å²) in [7, 11) is 0. The van der Waals surface area contributed by atoms with Crippen molar-refractivity contribution in [3.63, 3.8) is 0 Å². The Balaban J connectivity index is 1.94. The summed E-state index contributed by atoms with van der Waals surface area (Å²) in [5.41, 5.74) is 1.77. The normalized spacial score (nSPS) is 15.9. The van der Waals surface area contributed by atoms with E-state index < -0.39 is 16.4 Å². The number of nitro groups is 1. The molecule has 0 spiro atoms. The summed E-state index contributed by atoms with van der Waals surface area (Å²) in [6, 6.07) is 11.4. The van der Waals surface area contributed by atoms with Gasteiger partial charge in [0.05, 0.1) is 15.5 Å². The maximum atomic E-state index is 12.7. The quantitative estimate of drug-likeness (QED) is 0.379. The Hall–Kier alpha value is -2.71. The van der Waals surface area contributed by atoms with E-state index in [9.17, 15) is 20.0 Å². The van der Waals surface area contributed by atoms with Crippen molar-refractivity contribution in [1.29, 1.82) is 0 Å². The van der Waals surface area contributed by atoms with Crippen LogP contribution in [0.15, 0.2) is 47.4 Å². The molecule has 0 aliphatic carbocycles. The minimum Gasteiger partial charge on any atom is -0.502 e. The fourth-order valence-electron chi connectivity index (χ4n) is 2.31. The molecule has 0 radical (unpaired) electrons. The number of thiocarbonyl (C=S) groups is 1. The first-order chi connectivity index (χ1) is 11.9. The number of aryl methyl sites for hydroxylation is 1. The summed E-state index contributed by atoms with van der Waals surface area (Å²) in [5.74, 6) is -0.705. The highest BCUT2D eigenvalue weighted by molar-refractivity contribution is 8.27. The number of benzene rings is 2. The van der Waals surface area contributed by atoms with Gasteiger partial charge in [-0.2, -0.15) is 0 Å². The molecule has 1 aliphatic rings. The van der Waals surface area contributed by atoms with E-state index in [4.69, 9.17) is 12.2 Å². The van der Waals surface area contributed by atoms with Crippen molar-refractivity contribution in [2.45, 2.75) is 6.92 Å². The van der Waals surface area contributed by atoms with Crippen LogP contribution in [0.25, 0.3) is 6.08 Å². The molecule has 2 aromatic rings. The van der Waals surface area contributed by atoms with E-state index in [1.54, 1.807) is 0 Å². The molecule has 1 aliphatic heterocycles. The zero-order valence-corrected chi connectivity index (χ0v) is 14.6. The maximum Gasteiger partial charge on any atom is 0.311 e. The first kappa shape index (κ1) is 17.1. The molecule has 8 heteroatoms. The third-order valence-electron chi connectivity index (χ3n) is 3.58. The Morgan fingerprint density at radius 1 is 1.24 bits per heavy atom. The number of hydrogen-bond acceptors (Lipinski definition) is 6. The molecule has 0 aromatic heterocycles. The van der Waals surface area contributed by atoms with Gasteiger partial charge in [0.2, 0.25) is 0 Å². The molecule has 25 heavy (non-hydrogen) atoms. The van der Waals surface area contributed by atoms with Crippen molar-refractivity contribution in [1.82, 2.24) is 0 Å². The predicted octanol–water partition coefficient (Wildman–Crippen LogP) is 4.01. The lowest BCUT2D eigenvalue weighted by atomic mass is 10.1. The maximum absolute atomic E-state index is 12.7. The number of amides is 1. The van der Waals surface area contributed by atoms with Gasteiger partial charge in [-0.15, -0.1) is 0 Å². The Bertz CT molecular complexity index is 923. The Morgan fingerprint density at radius 3 is 2.56 bits per heavy atom. The third-order valence-corrected chi connectivity index (χ3v) is 4.88. The smallest absolute Gasteiger partial charge is 0.311 e. The lowest BCUT2D eigenvalue weighted by Crippen LogP contribution is -2.27. The first-order valence-corrected chi connectivity index (χ1v) is 8.41. The van der Waals surface area contributed by atoms with Crippen LogP contribution < -0.4 is 4.90 Å². The number of carbonyl (C=O) groups is 1. The molecule has 0 unspecified atom stereocenters. The highest BCUT2D eigenvalue weighted by Crippen LogP contribution is 2.37. The van der Waals surface area contributed by atoms with E-state index in [0.717, 1.165) is 17.3 Å². The van der Waals surface area contributed by atoms with Crippen molar-refractivity contribution in [3.8, 4) is 5.75 Å². The molecule has 0 saturated carbocycles. The number of phenols is 1. The second-order valence-corrected chi connectivity index (χ2v) is 7.03. The number of carbonyl (C=O) groups excluding carboxylic acids is 1. The summed E-state index contributed by atoms with van der Waals surface area (Å²) in [6.07, 6.45) is 1.53. The molecule has 6 nitrogen and oxygen atoms in total. The fourth-order valence-corrected chi connectivity index (χ4v) is 3.61. The SMILES string of the molecule is Cc1ccc(N2C(=O)/C(=C/c3ccc(O)c([N+](=O)[O-])c3)SC2=S)cc1. The molecule has 3 rings (SSSR count). The van der Waals surface area contributed by atoms with Gasteiger partial charge in [-0.3, -0.25) is 19.8 Å². The number of thioether (sulfide) groups is 1. The zero-order valence-electron chi connectivity index (χ0n) is 13.0. The third kappa shape index (κ3) is 3.40. The highest BCUT2D eigenvalue weighted by Gasteiger charge is 2.33. The van der Waals surface area contributed by atoms with Crippen LogP contribution in [0.1, 0.15) is 11.1 Å². The van der Waals surface area contributed by atoms with Crippen molar-refractivity contribution < 1.29 is 14.8 Å². The number of nitrogens with zero attached hydrogens (tertiary/aromatic N) is 2. The van der Waals surface area contributed by atoms with Crippen LogP contribution in [0, 0.1) is 17.0 Å². The Kier molecular flexibility index (Phi) is 4.56. The van der Waals surface area contributed by atoms with E-state index in [2.05, 4.69) is 0 Å². The van der Waals surface area contributed by atoms with E-state index in [1.165, 1.54) is 29.2 Å². The molecule has 1 amide bonds. The van der Waals surface area contributed by atoms with Gasteiger partial charge < -0.3 is 5.11 Å². The summed E-state index contributed by atoms with van der Waals surface area (Å²) in [6.45, 7) is 1.95. The lowest BCUT2D eigenvalue weighted by molar-refractivity contribution is -0.385. The number of hydrogen-bond donors (Lipinski definition) is 1. The minimum atomic E-state index is -0.676. The van der Waals surface area contributed by atoms with Gasteiger partial charge in [0, 0.05) is 6.07 Å². The highest BCUT2D eigenvalue weighted by atomic mass is 32.2. The molecule has 126 valence electrons. The number of phenolic OH excluding ortho intramolecular Hbond substituents is 1. The molecule has 0 bridgehead atoms. The number of anilines is 1. The van der Waals surface area contributed by atoms with Crippen LogP contribution in [0.4, 0.5) is 11.4 Å². The minimum absolute atomic E-state index is 0.283. The fraction of sp³-hybridized carbons (Fsp3) is 0.0588. The number of rotatable bonds is 3. The van der Waals surface area contributed by atoms with E-state index in [0.29, 0.717) is 20.5 Å². The molecule has 1 N–H and O–H groups in total.